The van der Waals surface area contributed by atoms with Gasteiger partial charge in [-0.3, -0.25) is 21.3 Å². The van der Waals surface area contributed by atoms with Crippen LogP contribution in [0.3, 0.4) is 0 Å². The van der Waals surface area contributed by atoms with E-state index in [1.54, 1.807) is 12.1 Å². The highest BCUT2D eigenvalue weighted by Gasteiger charge is 2.07. The number of hydrogen-bond donors (Lipinski definition) is 3. The van der Waals surface area contributed by atoms with Crippen molar-refractivity contribution in [2.75, 3.05) is 0 Å². The first-order valence-corrected chi connectivity index (χ1v) is 4.73. The lowest BCUT2D eigenvalue weighted by Crippen LogP contribution is -2.65. The zero-order chi connectivity index (χ0) is 12.1. The number of nitro groups is 1. The Morgan fingerprint density at radius 3 is 2.75 bits per heavy atom. The van der Waals surface area contributed by atoms with Gasteiger partial charge in [-0.2, -0.15) is 0 Å². The summed E-state index contributed by atoms with van der Waals surface area (Å²) in [6, 6.07) is 6.12. The molecule has 1 aromatic carbocycles. The number of nitrogens with zero attached hydrogens (tertiary/aromatic N) is 1. The van der Waals surface area contributed by atoms with Crippen molar-refractivity contribution in [3.63, 3.8) is 0 Å². The summed E-state index contributed by atoms with van der Waals surface area (Å²) < 4.78 is 0. The number of hydrazine groups is 1. The maximum Gasteiger partial charge on any atom is 0.283 e. The molecule has 0 fully saturated rings. The molecule has 0 spiro atoms. The Kier molecular flexibility index (Phi) is 3.92. The fourth-order valence-electron chi connectivity index (χ4n) is 1.02. The van der Waals surface area contributed by atoms with Gasteiger partial charge in [-0.15, -0.1) is 0 Å². The molecule has 0 heterocycles. The van der Waals surface area contributed by atoms with Crippen molar-refractivity contribution >= 4 is 28.7 Å². The van der Waals surface area contributed by atoms with Gasteiger partial charge in [-0.05, 0) is 0 Å². The van der Waals surface area contributed by atoms with Gasteiger partial charge in [0.25, 0.3) is 10.8 Å². The monoisotopic (exact) mass is 239 g/mol. The van der Waals surface area contributed by atoms with Crippen molar-refractivity contribution in [3.05, 3.63) is 46.5 Å². The van der Waals surface area contributed by atoms with E-state index in [9.17, 15) is 10.1 Å². The second-order valence-electron chi connectivity index (χ2n) is 2.96. The van der Waals surface area contributed by atoms with E-state index in [0.29, 0.717) is 16.4 Å². The van der Waals surface area contributed by atoms with Gasteiger partial charge < -0.3 is 0 Å². The van der Waals surface area contributed by atoms with Crippen molar-refractivity contribution in [2.24, 2.45) is 0 Å². The standard InChI is InChI=1S/C9H10N4O2S/c1-6(11-12-9(10)16)7-3-2-4-8(5-7)13(14)15/h2-5,11H,1H2,(H3,10,12,16)/p+1. The van der Waals surface area contributed by atoms with E-state index in [1.807, 2.05) is 0 Å². The Bertz CT molecular complexity index is 447. The molecule has 1 aromatic rings. The lowest BCUT2D eigenvalue weighted by Gasteiger charge is -2.08. The third-order valence-corrected chi connectivity index (χ3v) is 1.86. The first-order valence-electron chi connectivity index (χ1n) is 4.32. The van der Waals surface area contributed by atoms with Gasteiger partial charge in [0.2, 0.25) is 0 Å². The highest BCUT2D eigenvalue weighted by molar-refractivity contribution is 7.79. The van der Waals surface area contributed by atoms with Crippen LogP contribution in [0.5, 0.6) is 0 Å². The lowest BCUT2D eigenvalue weighted by atomic mass is 10.1. The normalized spacial score (nSPS) is 9.31. The number of nitro benzene ring substituents is 1. The number of nitrogens with one attached hydrogen (secondary N) is 2. The molecule has 0 aliphatic heterocycles. The number of rotatable bonds is 4. The van der Waals surface area contributed by atoms with Gasteiger partial charge in [0.05, 0.1) is 10.6 Å². The molecule has 0 bridgehead atoms. The van der Waals surface area contributed by atoms with Gasteiger partial charge in [0.1, 0.15) is 0 Å². The molecule has 0 atom stereocenters. The fourth-order valence-corrected chi connectivity index (χ4v) is 1.08. The predicted octanol–water partition coefficient (Wildman–Crippen LogP) is 0.187. The zero-order valence-corrected chi connectivity index (χ0v) is 9.21. The van der Waals surface area contributed by atoms with Crippen LogP contribution in [0.1, 0.15) is 5.56 Å². The topological polar surface area (TPSA) is 94.8 Å². The molecule has 16 heavy (non-hydrogen) atoms. The summed E-state index contributed by atoms with van der Waals surface area (Å²) in [5, 5.41) is 10.9. The molecule has 0 aliphatic carbocycles. The van der Waals surface area contributed by atoms with Gasteiger partial charge >= 0.3 is 0 Å². The Balaban J connectivity index is 2.79. The van der Waals surface area contributed by atoms with Crippen molar-refractivity contribution in [1.82, 2.24) is 10.9 Å². The van der Waals surface area contributed by atoms with Crippen molar-refractivity contribution in [1.29, 1.82) is 0 Å². The molecule has 0 aliphatic rings. The zero-order valence-electron chi connectivity index (χ0n) is 8.40. The van der Waals surface area contributed by atoms with E-state index in [4.69, 9.17) is 12.2 Å². The smallest absolute Gasteiger partial charge is 0.283 e. The number of hydrogen-bond acceptors (Lipinski definition) is 4. The first kappa shape index (κ1) is 12.1. The van der Waals surface area contributed by atoms with Crippen LogP contribution in [0, 0.1) is 10.1 Å². The molecule has 0 aromatic heterocycles. The minimum absolute atomic E-state index is 0.0117. The lowest BCUT2D eigenvalue weighted by molar-refractivity contribution is -0.384. The molecule has 0 radical (unpaired) electrons. The molecule has 1 rings (SSSR count). The first-order chi connectivity index (χ1) is 7.50. The van der Waals surface area contributed by atoms with E-state index in [2.05, 4.69) is 23.2 Å². The van der Waals surface area contributed by atoms with Crippen LogP contribution < -0.4 is 16.6 Å². The van der Waals surface area contributed by atoms with Crippen LogP contribution in [0.25, 0.3) is 5.70 Å². The van der Waals surface area contributed by atoms with E-state index < -0.39 is 4.92 Å². The molecular formula is C9H11N4O2S+. The molecule has 7 heteroatoms. The van der Waals surface area contributed by atoms with Crippen molar-refractivity contribution in [3.8, 4) is 0 Å². The number of quaternary nitrogens is 1. The Labute approximate surface area is 97.3 Å². The van der Waals surface area contributed by atoms with Crippen LogP contribution in [0.4, 0.5) is 5.69 Å². The number of thiocarbonyl (C=S) groups is 1. The highest BCUT2D eigenvalue weighted by Crippen LogP contribution is 2.16. The Morgan fingerprint density at radius 2 is 2.19 bits per heavy atom. The van der Waals surface area contributed by atoms with Crippen molar-refractivity contribution < 1.29 is 10.7 Å². The molecule has 5 N–H and O–H groups in total. The van der Waals surface area contributed by atoms with E-state index >= 15 is 0 Å². The van der Waals surface area contributed by atoms with Crippen LogP contribution in [-0.4, -0.2) is 10.0 Å². The number of benzene rings is 1. The van der Waals surface area contributed by atoms with Gasteiger partial charge in [-0.1, -0.05) is 18.7 Å². The second kappa shape index (κ2) is 5.19. The summed E-state index contributed by atoms with van der Waals surface area (Å²) in [6.45, 7) is 3.71. The third-order valence-electron chi connectivity index (χ3n) is 1.76. The average molecular weight is 239 g/mol. The molecule has 0 amide bonds. The van der Waals surface area contributed by atoms with E-state index in [1.165, 1.54) is 12.1 Å². The minimum Gasteiger partial charge on any atom is -0.299 e. The maximum absolute atomic E-state index is 10.6. The second-order valence-corrected chi connectivity index (χ2v) is 3.45. The minimum atomic E-state index is -0.462. The van der Waals surface area contributed by atoms with Gasteiger partial charge in [0.15, 0.2) is 0 Å². The van der Waals surface area contributed by atoms with Gasteiger partial charge in [0, 0.05) is 29.9 Å². The van der Waals surface area contributed by atoms with Crippen LogP contribution in [0.2, 0.25) is 0 Å². The SMILES string of the molecule is C=C(NNC([NH3+])=S)c1cccc([N+](=O)[O-])c1. The van der Waals surface area contributed by atoms with E-state index in [-0.39, 0.29) is 5.69 Å². The summed E-state index contributed by atoms with van der Waals surface area (Å²) in [6.07, 6.45) is 0. The molecule has 6 nitrogen and oxygen atoms in total. The van der Waals surface area contributed by atoms with Crippen molar-refractivity contribution in [2.45, 2.75) is 0 Å². The predicted molar refractivity (Wildman–Crippen MR) is 63.9 cm³/mol. The summed E-state index contributed by atoms with van der Waals surface area (Å²) in [4.78, 5) is 10.1. The Hall–Kier alpha value is -1.99. The molecule has 84 valence electrons. The van der Waals surface area contributed by atoms with Crippen LogP contribution in [-0.2, 0) is 0 Å². The molecule has 0 unspecified atom stereocenters. The molecule has 0 saturated heterocycles. The van der Waals surface area contributed by atoms with Crippen LogP contribution in [0.15, 0.2) is 30.8 Å². The van der Waals surface area contributed by atoms with Crippen LogP contribution >= 0.6 is 12.2 Å². The molecule has 0 saturated carbocycles. The number of non-ortho nitro benzene ring substituents is 1. The third kappa shape index (κ3) is 3.30. The molecular weight excluding hydrogens is 228 g/mol. The average Bonchev–Trinajstić information content (AvgIpc) is 2.26. The Morgan fingerprint density at radius 1 is 1.50 bits per heavy atom. The quantitative estimate of drug-likeness (QED) is 0.396. The van der Waals surface area contributed by atoms with Gasteiger partial charge in [-0.25, -0.2) is 5.43 Å². The fraction of sp³-hybridized carbons (Fsp3) is 0. The summed E-state index contributed by atoms with van der Waals surface area (Å²) in [7, 11) is 0. The summed E-state index contributed by atoms with van der Waals surface area (Å²) in [5.74, 6) is 0. The summed E-state index contributed by atoms with van der Waals surface area (Å²) >= 11 is 4.70. The summed E-state index contributed by atoms with van der Waals surface area (Å²) in [5.41, 5.74) is 9.85. The largest absolute Gasteiger partial charge is 0.299 e. The van der Waals surface area contributed by atoms with E-state index in [0.717, 1.165) is 0 Å². The highest BCUT2D eigenvalue weighted by atomic mass is 32.1. The maximum atomic E-state index is 10.6.